The lowest BCUT2D eigenvalue weighted by Crippen LogP contribution is -2.20. The van der Waals surface area contributed by atoms with Crippen LogP contribution in [0.3, 0.4) is 0 Å². The average molecular weight is 409 g/mol. The summed E-state index contributed by atoms with van der Waals surface area (Å²) in [5.74, 6) is 0.479. The average Bonchev–Trinajstić information content (AvgIpc) is 2.81. The molecule has 4 aromatic rings. The Bertz CT molecular complexity index is 1360. The van der Waals surface area contributed by atoms with Crippen LogP contribution in [0.25, 0.3) is 16.5 Å². The summed E-state index contributed by atoms with van der Waals surface area (Å²) < 4.78 is 6.73. The minimum Gasteiger partial charge on any atom is -0.494 e. The van der Waals surface area contributed by atoms with Gasteiger partial charge in [0.1, 0.15) is 5.75 Å². The summed E-state index contributed by atoms with van der Waals surface area (Å²) >= 11 is 0. The van der Waals surface area contributed by atoms with E-state index >= 15 is 0 Å². The van der Waals surface area contributed by atoms with Gasteiger partial charge in [0.2, 0.25) is 5.88 Å². The van der Waals surface area contributed by atoms with E-state index in [-0.39, 0.29) is 11.4 Å². The molecule has 0 fully saturated rings. The zero-order valence-electron chi connectivity index (χ0n) is 16.8. The number of ether oxygens (including phenoxy) is 1. The van der Waals surface area contributed by atoms with Crippen LogP contribution in [0.15, 0.2) is 82.6 Å². The summed E-state index contributed by atoms with van der Waals surface area (Å²) in [5.41, 5.74) is 1.78. The summed E-state index contributed by atoms with van der Waals surface area (Å²) in [5, 5.41) is 21.1. The molecule has 152 valence electrons. The Kier molecular flexibility index (Phi) is 5.50. The van der Waals surface area contributed by atoms with Crippen molar-refractivity contribution in [1.29, 1.82) is 5.26 Å². The van der Waals surface area contributed by atoms with Crippen LogP contribution in [-0.2, 0) is 0 Å². The first kappa shape index (κ1) is 19.9. The number of nitriles is 1. The maximum absolute atomic E-state index is 13.2. The van der Waals surface area contributed by atoms with E-state index in [2.05, 4.69) is 11.1 Å². The molecule has 0 aliphatic carbocycles. The van der Waals surface area contributed by atoms with Gasteiger partial charge in [-0.05, 0) is 61.5 Å². The fourth-order valence-corrected chi connectivity index (χ4v) is 3.35. The van der Waals surface area contributed by atoms with Crippen molar-refractivity contribution < 1.29 is 9.84 Å². The van der Waals surface area contributed by atoms with Crippen molar-refractivity contribution in [3.05, 3.63) is 94.3 Å². The highest BCUT2D eigenvalue weighted by Gasteiger charge is 2.16. The molecule has 0 unspecified atom stereocenters. The first-order valence-corrected chi connectivity index (χ1v) is 9.76. The van der Waals surface area contributed by atoms with Crippen molar-refractivity contribution >= 4 is 22.7 Å². The molecule has 0 aliphatic heterocycles. The Morgan fingerprint density at radius 3 is 2.35 bits per heavy atom. The van der Waals surface area contributed by atoms with E-state index in [4.69, 9.17) is 10.00 Å². The fourth-order valence-electron chi connectivity index (χ4n) is 3.35. The van der Waals surface area contributed by atoms with Crippen molar-refractivity contribution in [2.24, 2.45) is 4.99 Å². The number of nitrogens with zero attached hydrogens (tertiary/aromatic N) is 3. The molecule has 1 N–H and O–H groups in total. The number of pyridine rings is 1. The lowest BCUT2D eigenvalue weighted by molar-refractivity contribution is 0.340. The van der Waals surface area contributed by atoms with E-state index in [9.17, 15) is 9.90 Å². The highest BCUT2D eigenvalue weighted by atomic mass is 16.5. The monoisotopic (exact) mass is 409 g/mol. The molecule has 3 aromatic carbocycles. The van der Waals surface area contributed by atoms with Crippen molar-refractivity contribution in [3.63, 3.8) is 0 Å². The summed E-state index contributed by atoms with van der Waals surface area (Å²) in [6.45, 7) is 2.43. The van der Waals surface area contributed by atoms with E-state index in [1.165, 1.54) is 10.8 Å². The molecule has 0 radical (unpaired) electrons. The number of aliphatic imine (C=N–C) groups is 1. The summed E-state index contributed by atoms with van der Waals surface area (Å²) in [6, 6.07) is 22.9. The smallest absolute Gasteiger partial charge is 0.265 e. The number of aromatic nitrogens is 1. The third kappa shape index (κ3) is 3.89. The van der Waals surface area contributed by atoms with Crippen LogP contribution < -0.4 is 10.3 Å². The molecule has 0 aliphatic rings. The third-order valence-electron chi connectivity index (χ3n) is 4.85. The standard InChI is InChI=1S/C25H19N3O3/c1-2-31-20-13-11-19(12-14-20)28-24(29)22-6-4-3-5-21(22)23(25(28)30)16-27-18-9-7-17(15-26)8-10-18/h3-14,16,30H,2H2,1H3. The second-order valence-corrected chi connectivity index (χ2v) is 6.77. The molecule has 0 saturated carbocycles. The molecule has 0 amide bonds. The van der Waals surface area contributed by atoms with Crippen LogP contribution in [0.4, 0.5) is 5.69 Å². The minimum atomic E-state index is -0.326. The predicted octanol–water partition coefficient (Wildman–Crippen LogP) is 4.72. The second kappa shape index (κ2) is 8.56. The Labute approximate surface area is 178 Å². The largest absolute Gasteiger partial charge is 0.494 e. The van der Waals surface area contributed by atoms with Crippen molar-refractivity contribution in [2.45, 2.75) is 6.92 Å². The second-order valence-electron chi connectivity index (χ2n) is 6.77. The molecule has 1 aromatic heterocycles. The predicted molar refractivity (Wildman–Crippen MR) is 121 cm³/mol. The van der Waals surface area contributed by atoms with Crippen LogP contribution >= 0.6 is 0 Å². The van der Waals surface area contributed by atoms with Gasteiger partial charge in [0, 0.05) is 17.0 Å². The number of hydrogen-bond donors (Lipinski definition) is 1. The van der Waals surface area contributed by atoms with E-state index in [1.54, 1.807) is 66.7 Å². The minimum absolute atomic E-state index is 0.203. The van der Waals surface area contributed by atoms with Gasteiger partial charge in [-0.15, -0.1) is 0 Å². The van der Waals surface area contributed by atoms with Gasteiger partial charge >= 0.3 is 0 Å². The van der Waals surface area contributed by atoms with Gasteiger partial charge in [0.15, 0.2) is 0 Å². The van der Waals surface area contributed by atoms with Gasteiger partial charge in [0.05, 0.1) is 35.2 Å². The Hall–Kier alpha value is -4.37. The van der Waals surface area contributed by atoms with Crippen LogP contribution in [0.1, 0.15) is 18.1 Å². The van der Waals surface area contributed by atoms with Gasteiger partial charge in [-0.1, -0.05) is 18.2 Å². The lowest BCUT2D eigenvalue weighted by Gasteiger charge is -2.14. The Balaban J connectivity index is 1.87. The first-order chi connectivity index (χ1) is 15.1. The molecule has 0 spiro atoms. The van der Waals surface area contributed by atoms with Crippen molar-refractivity contribution in [1.82, 2.24) is 4.57 Å². The Morgan fingerprint density at radius 2 is 1.71 bits per heavy atom. The number of hydrogen-bond acceptors (Lipinski definition) is 5. The highest BCUT2D eigenvalue weighted by Crippen LogP contribution is 2.27. The maximum Gasteiger partial charge on any atom is 0.265 e. The topological polar surface area (TPSA) is 87.6 Å². The highest BCUT2D eigenvalue weighted by molar-refractivity contribution is 6.02. The van der Waals surface area contributed by atoms with Gasteiger partial charge < -0.3 is 9.84 Å². The zero-order chi connectivity index (χ0) is 21.8. The number of rotatable bonds is 5. The van der Waals surface area contributed by atoms with Crippen molar-refractivity contribution in [2.75, 3.05) is 6.61 Å². The van der Waals surface area contributed by atoms with E-state index in [0.29, 0.717) is 45.6 Å². The normalized spacial score (nSPS) is 11.0. The molecular weight excluding hydrogens is 390 g/mol. The quantitative estimate of drug-likeness (QED) is 0.483. The SMILES string of the molecule is CCOc1ccc(-n2c(O)c(C=Nc3ccc(C#N)cc3)c3ccccc3c2=O)cc1. The fraction of sp³-hybridized carbons (Fsp3) is 0.0800. The molecule has 1 heterocycles. The zero-order valence-corrected chi connectivity index (χ0v) is 16.8. The number of benzene rings is 3. The van der Waals surface area contributed by atoms with E-state index < -0.39 is 0 Å². The molecule has 0 atom stereocenters. The van der Waals surface area contributed by atoms with Crippen LogP contribution in [0, 0.1) is 11.3 Å². The van der Waals surface area contributed by atoms with Gasteiger partial charge in [0.25, 0.3) is 5.56 Å². The molecule has 6 heteroatoms. The van der Waals surface area contributed by atoms with Crippen LogP contribution in [-0.4, -0.2) is 22.5 Å². The maximum atomic E-state index is 13.2. The van der Waals surface area contributed by atoms with Gasteiger partial charge in [-0.25, -0.2) is 4.57 Å². The molecular formula is C25H19N3O3. The first-order valence-electron chi connectivity index (χ1n) is 9.76. The number of aromatic hydroxyl groups is 1. The molecule has 4 rings (SSSR count). The van der Waals surface area contributed by atoms with Crippen LogP contribution in [0.2, 0.25) is 0 Å². The van der Waals surface area contributed by atoms with Crippen LogP contribution in [0.5, 0.6) is 11.6 Å². The molecule has 31 heavy (non-hydrogen) atoms. The van der Waals surface area contributed by atoms with Gasteiger partial charge in [-0.3, -0.25) is 9.79 Å². The van der Waals surface area contributed by atoms with E-state index in [1.807, 2.05) is 13.0 Å². The Morgan fingerprint density at radius 1 is 1.03 bits per heavy atom. The van der Waals surface area contributed by atoms with Gasteiger partial charge in [-0.2, -0.15) is 5.26 Å². The third-order valence-corrected chi connectivity index (χ3v) is 4.85. The summed E-state index contributed by atoms with van der Waals surface area (Å²) in [4.78, 5) is 17.6. The van der Waals surface area contributed by atoms with E-state index in [0.717, 1.165) is 0 Å². The molecule has 0 bridgehead atoms. The summed E-state index contributed by atoms with van der Waals surface area (Å²) in [7, 11) is 0. The summed E-state index contributed by atoms with van der Waals surface area (Å²) in [6.07, 6.45) is 1.53. The van der Waals surface area contributed by atoms with Crippen molar-refractivity contribution in [3.8, 4) is 23.4 Å². The molecule has 6 nitrogen and oxygen atoms in total. The number of fused-ring (bicyclic) bond motifs is 1. The lowest BCUT2D eigenvalue weighted by atomic mass is 10.1. The molecule has 0 saturated heterocycles.